The molecule has 1 saturated carbocycles. The molecule has 0 spiro atoms. The minimum absolute atomic E-state index is 0.193. The predicted molar refractivity (Wildman–Crippen MR) is 71.9 cm³/mol. The third-order valence-electron chi connectivity index (χ3n) is 3.77. The van der Waals surface area contributed by atoms with Crippen LogP contribution in [0, 0.1) is 5.41 Å². The van der Waals surface area contributed by atoms with Crippen LogP contribution in [0.5, 0.6) is 5.75 Å². The lowest BCUT2D eigenvalue weighted by molar-refractivity contribution is 0.0636. The minimum Gasteiger partial charge on any atom is -0.494 e. The highest BCUT2D eigenvalue weighted by molar-refractivity contribution is 6.01. The Balaban J connectivity index is 2.07. The summed E-state index contributed by atoms with van der Waals surface area (Å²) in [7, 11) is 0. The molecule has 0 atom stereocenters. The van der Waals surface area contributed by atoms with E-state index in [1.165, 1.54) is 0 Å². The Kier molecular flexibility index (Phi) is 4.02. The van der Waals surface area contributed by atoms with Gasteiger partial charge in [0.05, 0.1) is 6.61 Å². The van der Waals surface area contributed by atoms with Crippen molar-refractivity contribution in [2.45, 2.75) is 32.6 Å². The fourth-order valence-corrected chi connectivity index (χ4v) is 2.36. The lowest BCUT2D eigenvalue weighted by Crippen LogP contribution is -2.44. The molecule has 3 nitrogen and oxygen atoms in total. The fraction of sp³-hybridized carbons (Fsp3) is 0.533. The summed E-state index contributed by atoms with van der Waals surface area (Å²) in [6.45, 7) is 3.24. The Morgan fingerprint density at radius 1 is 1.33 bits per heavy atom. The molecule has 0 bridgehead atoms. The second kappa shape index (κ2) is 5.53. The molecule has 1 fully saturated rings. The van der Waals surface area contributed by atoms with E-state index in [-0.39, 0.29) is 11.2 Å². The van der Waals surface area contributed by atoms with Gasteiger partial charge in [0.25, 0.3) is 0 Å². The number of ketones is 1. The molecule has 98 valence electrons. The molecule has 0 amide bonds. The van der Waals surface area contributed by atoms with Crippen molar-refractivity contribution >= 4 is 5.78 Å². The van der Waals surface area contributed by atoms with Crippen molar-refractivity contribution in [3.8, 4) is 5.75 Å². The fourth-order valence-electron chi connectivity index (χ4n) is 2.36. The molecule has 1 aromatic rings. The molecule has 0 saturated heterocycles. The van der Waals surface area contributed by atoms with Crippen molar-refractivity contribution in [2.75, 3.05) is 13.2 Å². The van der Waals surface area contributed by atoms with Gasteiger partial charge >= 0.3 is 0 Å². The summed E-state index contributed by atoms with van der Waals surface area (Å²) < 4.78 is 5.51. The average molecular weight is 247 g/mol. The zero-order valence-corrected chi connectivity index (χ0v) is 10.9. The van der Waals surface area contributed by atoms with E-state index in [1.54, 1.807) is 0 Å². The van der Waals surface area contributed by atoms with E-state index < -0.39 is 0 Å². The highest BCUT2D eigenvalue weighted by Crippen LogP contribution is 2.42. The number of rotatable bonds is 6. The normalized spacial score (nSPS) is 17.0. The van der Waals surface area contributed by atoms with Crippen molar-refractivity contribution < 1.29 is 9.53 Å². The molecular formula is C15H21NO2. The summed E-state index contributed by atoms with van der Waals surface area (Å²) >= 11 is 0. The van der Waals surface area contributed by atoms with Crippen LogP contribution >= 0.6 is 0 Å². The molecule has 2 rings (SSSR count). The van der Waals surface area contributed by atoms with E-state index in [0.717, 1.165) is 37.0 Å². The van der Waals surface area contributed by atoms with Crippen LogP contribution in [-0.2, 0) is 0 Å². The summed E-state index contributed by atoms with van der Waals surface area (Å²) in [4.78, 5) is 12.4. The van der Waals surface area contributed by atoms with Crippen LogP contribution in [0.1, 0.15) is 43.0 Å². The zero-order chi connectivity index (χ0) is 13.0. The van der Waals surface area contributed by atoms with Crippen LogP contribution in [-0.4, -0.2) is 18.9 Å². The molecule has 1 aromatic carbocycles. The Labute approximate surface area is 108 Å². The molecule has 2 N–H and O–H groups in total. The summed E-state index contributed by atoms with van der Waals surface area (Å²) in [5.74, 6) is 1.02. The number of nitrogens with two attached hydrogens (primary N) is 1. The number of hydrogen-bond donors (Lipinski definition) is 1. The Bertz CT molecular complexity index is 401. The SMILES string of the molecule is CCCOc1ccc(C(=O)C2(CN)CCC2)cc1. The average Bonchev–Trinajstić information content (AvgIpc) is 2.36. The van der Waals surface area contributed by atoms with E-state index in [1.807, 2.05) is 24.3 Å². The van der Waals surface area contributed by atoms with Gasteiger partial charge < -0.3 is 10.5 Å². The van der Waals surface area contributed by atoms with Gasteiger partial charge in [-0.25, -0.2) is 0 Å². The number of carbonyl (C=O) groups is 1. The van der Waals surface area contributed by atoms with Crippen LogP contribution in [0.25, 0.3) is 0 Å². The molecular weight excluding hydrogens is 226 g/mol. The monoisotopic (exact) mass is 247 g/mol. The Morgan fingerprint density at radius 3 is 2.44 bits per heavy atom. The van der Waals surface area contributed by atoms with Crippen molar-refractivity contribution in [3.05, 3.63) is 29.8 Å². The molecule has 3 heteroatoms. The summed E-state index contributed by atoms with van der Waals surface area (Å²) in [5.41, 5.74) is 6.22. The van der Waals surface area contributed by atoms with Gasteiger partial charge in [-0.1, -0.05) is 13.3 Å². The first-order valence-corrected chi connectivity index (χ1v) is 6.69. The summed E-state index contributed by atoms with van der Waals surface area (Å²) in [6, 6.07) is 7.43. The van der Waals surface area contributed by atoms with Crippen molar-refractivity contribution in [3.63, 3.8) is 0 Å². The van der Waals surface area contributed by atoms with Crippen LogP contribution in [0.2, 0.25) is 0 Å². The maximum absolute atomic E-state index is 12.4. The first kappa shape index (κ1) is 13.1. The molecule has 1 aliphatic carbocycles. The van der Waals surface area contributed by atoms with Crippen LogP contribution in [0.4, 0.5) is 0 Å². The first-order chi connectivity index (χ1) is 8.72. The maximum Gasteiger partial charge on any atom is 0.170 e. The van der Waals surface area contributed by atoms with Gasteiger partial charge in [0.1, 0.15) is 5.75 Å². The predicted octanol–water partition coefficient (Wildman–Crippen LogP) is 2.79. The van der Waals surface area contributed by atoms with Gasteiger partial charge in [0.2, 0.25) is 0 Å². The third-order valence-corrected chi connectivity index (χ3v) is 3.77. The first-order valence-electron chi connectivity index (χ1n) is 6.69. The zero-order valence-electron chi connectivity index (χ0n) is 10.9. The van der Waals surface area contributed by atoms with Gasteiger partial charge in [-0.3, -0.25) is 4.79 Å². The Hall–Kier alpha value is -1.35. The van der Waals surface area contributed by atoms with Gasteiger partial charge in [-0.2, -0.15) is 0 Å². The van der Waals surface area contributed by atoms with Crippen molar-refractivity contribution in [1.29, 1.82) is 0 Å². The second-order valence-corrected chi connectivity index (χ2v) is 5.04. The third kappa shape index (κ3) is 2.41. The number of Topliss-reactive ketones (excluding diaryl/α,β-unsaturated/α-hetero) is 1. The topological polar surface area (TPSA) is 52.3 Å². The largest absolute Gasteiger partial charge is 0.494 e. The molecule has 0 aromatic heterocycles. The molecule has 1 aliphatic rings. The molecule has 0 heterocycles. The summed E-state index contributed by atoms with van der Waals surface area (Å²) in [5, 5.41) is 0. The van der Waals surface area contributed by atoms with E-state index in [0.29, 0.717) is 13.2 Å². The number of hydrogen-bond acceptors (Lipinski definition) is 3. The van der Waals surface area contributed by atoms with Crippen LogP contribution < -0.4 is 10.5 Å². The smallest absolute Gasteiger partial charge is 0.170 e. The van der Waals surface area contributed by atoms with Gasteiger partial charge in [-0.05, 0) is 43.5 Å². The van der Waals surface area contributed by atoms with Crippen molar-refractivity contribution in [2.24, 2.45) is 11.1 Å². The van der Waals surface area contributed by atoms with Crippen LogP contribution in [0.3, 0.4) is 0 Å². The van der Waals surface area contributed by atoms with Gasteiger partial charge in [0.15, 0.2) is 5.78 Å². The van der Waals surface area contributed by atoms with E-state index >= 15 is 0 Å². The summed E-state index contributed by atoms with van der Waals surface area (Å²) in [6.07, 6.45) is 3.95. The highest BCUT2D eigenvalue weighted by atomic mass is 16.5. The van der Waals surface area contributed by atoms with E-state index in [2.05, 4.69) is 6.92 Å². The van der Waals surface area contributed by atoms with E-state index in [4.69, 9.17) is 10.5 Å². The highest BCUT2D eigenvalue weighted by Gasteiger charge is 2.42. The molecule has 0 radical (unpaired) electrons. The quantitative estimate of drug-likeness (QED) is 0.786. The van der Waals surface area contributed by atoms with Crippen molar-refractivity contribution in [1.82, 2.24) is 0 Å². The number of benzene rings is 1. The lowest BCUT2D eigenvalue weighted by Gasteiger charge is -2.39. The molecule has 0 aliphatic heterocycles. The van der Waals surface area contributed by atoms with E-state index in [9.17, 15) is 4.79 Å². The van der Waals surface area contributed by atoms with Crippen LogP contribution in [0.15, 0.2) is 24.3 Å². The van der Waals surface area contributed by atoms with Gasteiger partial charge in [-0.15, -0.1) is 0 Å². The maximum atomic E-state index is 12.4. The number of ether oxygens (including phenoxy) is 1. The molecule has 0 unspecified atom stereocenters. The second-order valence-electron chi connectivity index (χ2n) is 5.04. The Morgan fingerprint density at radius 2 is 2.00 bits per heavy atom. The number of carbonyl (C=O) groups excluding carboxylic acids is 1. The molecule has 18 heavy (non-hydrogen) atoms. The minimum atomic E-state index is -0.286. The standard InChI is InChI=1S/C15H21NO2/c1-2-10-18-13-6-4-12(5-7-13)14(17)15(11-16)8-3-9-15/h4-7H,2-3,8-11,16H2,1H3. The lowest BCUT2D eigenvalue weighted by atomic mass is 9.64. The van der Waals surface area contributed by atoms with Gasteiger partial charge in [0, 0.05) is 17.5 Å².